The van der Waals surface area contributed by atoms with Crippen molar-refractivity contribution in [3.05, 3.63) is 29.2 Å². The molecular weight excluding hydrogens is 178 g/mol. The van der Waals surface area contributed by atoms with Crippen LogP contribution < -0.4 is 5.01 Å². The van der Waals surface area contributed by atoms with Gasteiger partial charge in [0.2, 0.25) is 0 Å². The molecule has 0 saturated heterocycles. The Morgan fingerprint density at radius 1 is 1.29 bits per heavy atom. The van der Waals surface area contributed by atoms with Crippen LogP contribution in [0.4, 0.5) is 11.4 Å². The predicted molar refractivity (Wildman–Crippen MR) is 53.9 cm³/mol. The van der Waals surface area contributed by atoms with Gasteiger partial charge in [0, 0.05) is 0 Å². The van der Waals surface area contributed by atoms with Crippen LogP contribution in [0, 0.1) is 4.91 Å². The summed E-state index contributed by atoms with van der Waals surface area (Å²) in [6.45, 7) is 0. The van der Waals surface area contributed by atoms with Gasteiger partial charge in [0.1, 0.15) is 0 Å². The van der Waals surface area contributed by atoms with E-state index in [1.807, 2.05) is 29.3 Å². The summed E-state index contributed by atoms with van der Waals surface area (Å²) < 4.78 is 0. The van der Waals surface area contributed by atoms with E-state index >= 15 is 0 Å². The molecule has 0 unspecified atom stereocenters. The SMILES string of the molecule is O=NN(C1CCC1)N1c2ccccc21. The van der Waals surface area contributed by atoms with Crippen LogP contribution in [-0.2, 0) is 0 Å². The summed E-state index contributed by atoms with van der Waals surface area (Å²) in [6, 6.07) is 8.28. The maximum Gasteiger partial charge on any atom is 0.0908 e. The molecule has 1 saturated carbocycles. The normalized spacial score (nSPS) is 18.4. The Labute approximate surface area is 82.0 Å². The topological polar surface area (TPSA) is 35.7 Å². The van der Waals surface area contributed by atoms with E-state index in [4.69, 9.17) is 0 Å². The van der Waals surface area contributed by atoms with Crippen LogP contribution in [0.5, 0.6) is 0 Å². The van der Waals surface area contributed by atoms with E-state index in [1.54, 1.807) is 5.12 Å². The minimum Gasteiger partial charge on any atom is -0.231 e. The summed E-state index contributed by atoms with van der Waals surface area (Å²) in [5.74, 6) is 0. The zero-order valence-corrected chi connectivity index (χ0v) is 7.76. The first-order chi connectivity index (χ1) is 6.92. The number of hydrogen-bond donors (Lipinski definition) is 0. The molecule has 1 heterocycles. The highest BCUT2D eigenvalue weighted by molar-refractivity contribution is 5.91. The molecule has 4 nitrogen and oxygen atoms in total. The van der Waals surface area contributed by atoms with Gasteiger partial charge in [-0.3, -0.25) is 0 Å². The molecule has 1 fully saturated rings. The summed E-state index contributed by atoms with van der Waals surface area (Å²) in [6.07, 6.45) is 3.37. The van der Waals surface area contributed by atoms with E-state index in [9.17, 15) is 4.91 Å². The van der Waals surface area contributed by atoms with Crippen molar-refractivity contribution in [1.82, 2.24) is 5.12 Å². The molecule has 1 aromatic carbocycles. The second kappa shape index (κ2) is 2.70. The monoisotopic (exact) mass is 189 g/mol. The molecule has 0 radical (unpaired) electrons. The largest absolute Gasteiger partial charge is 0.231 e. The second-order valence-corrected chi connectivity index (χ2v) is 3.79. The smallest absolute Gasteiger partial charge is 0.0908 e. The summed E-state index contributed by atoms with van der Waals surface area (Å²) in [7, 11) is 0. The van der Waals surface area contributed by atoms with Gasteiger partial charge in [0.15, 0.2) is 0 Å². The van der Waals surface area contributed by atoms with Crippen molar-refractivity contribution in [1.29, 1.82) is 0 Å². The molecule has 2 aliphatic rings. The van der Waals surface area contributed by atoms with Gasteiger partial charge in [-0.1, -0.05) is 12.1 Å². The Bertz CT molecular complexity index is 352. The lowest BCUT2D eigenvalue weighted by atomic mass is 9.93. The van der Waals surface area contributed by atoms with Crippen molar-refractivity contribution < 1.29 is 0 Å². The highest BCUT2D eigenvalue weighted by Crippen LogP contribution is 2.50. The minimum absolute atomic E-state index is 0.319. The number of nitrogens with zero attached hydrogens (tertiary/aromatic N) is 3. The fourth-order valence-corrected chi connectivity index (χ4v) is 1.89. The molecular formula is C10H11N3O. The second-order valence-electron chi connectivity index (χ2n) is 3.79. The molecule has 0 aromatic heterocycles. The fraction of sp³-hybridized carbons (Fsp3) is 0.400. The van der Waals surface area contributed by atoms with Crippen LogP contribution in [0.2, 0.25) is 0 Å². The zero-order valence-electron chi connectivity index (χ0n) is 7.76. The lowest BCUT2D eigenvalue weighted by Crippen LogP contribution is -2.40. The quantitative estimate of drug-likeness (QED) is 0.416. The van der Waals surface area contributed by atoms with Gasteiger partial charge in [-0.05, 0) is 31.4 Å². The molecule has 0 bridgehead atoms. The fourth-order valence-electron chi connectivity index (χ4n) is 1.89. The molecule has 72 valence electrons. The third-order valence-electron chi connectivity index (χ3n) is 2.98. The Balaban J connectivity index is 1.81. The van der Waals surface area contributed by atoms with Gasteiger partial charge >= 0.3 is 0 Å². The number of anilines is 2. The van der Waals surface area contributed by atoms with Crippen molar-refractivity contribution in [3.8, 4) is 0 Å². The van der Waals surface area contributed by atoms with E-state index in [0.717, 1.165) is 24.2 Å². The number of fused-ring (bicyclic) bond motifs is 1. The number of hydrogen-bond acceptors (Lipinski definition) is 3. The first kappa shape index (κ1) is 7.79. The average Bonchev–Trinajstić information content (AvgIpc) is 2.85. The molecule has 14 heavy (non-hydrogen) atoms. The Morgan fingerprint density at radius 2 is 1.93 bits per heavy atom. The van der Waals surface area contributed by atoms with Crippen molar-refractivity contribution in [2.24, 2.45) is 5.29 Å². The number of para-hydroxylation sites is 2. The van der Waals surface area contributed by atoms with E-state index in [1.165, 1.54) is 6.42 Å². The Morgan fingerprint density at radius 3 is 2.36 bits per heavy atom. The molecule has 3 rings (SSSR count). The Kier molecular flexibility index (Phi) is 1.50. The lowest BCUT2D eigenvalue weighted by Gasteiger charge is -2.33. The van der Waals surface area contributed by atoms with Crippen molar-refractivity contribution in [2.75, 3.05) is 5.01 Å². The highest BCUT2D eigenvalue weighted by atomic mass is 16.3. The van der Waals surface area contributed by atoms with Crippen molar-refractivity contribution in [2.45, 2.75) is 25.3 Å². The van der Waals surface area contributed by atoms with E-state index in [-0.39, 0.29) is 0 Å². The summed E-state index contributed by atoms with van der Waals surface area (Å²) >= 11 is 0. The molecule has 0 N–H and O–H groups in total. The lowest BCUT2D eigenvalue weighted by molar-refractivity contribution is 0.140. The van der Waals surface area contributed by atoms with Crippen LogP contribution in [0.1, 0.15) is 19.3 Å². The third kappa shape index (κ3) is 0.937. The average molecular weight is 189 g/mol. The number of benzene rings is 1. The Hall–Kier alpha value is -1.58. The van der Waals surface area contributed by atoms with Crippen molar-refractivity contribution >= 4 is 11.4 Å². The van der Waals surface area contributed by atoms with Gasteiger partial charge in [-0.15, -0.1) is 4.91 Å². The van der Waals surface area contributed by atoms with E-state index in [0.29, 0.717) is 6.04 Å². The van der Waals surface area contributed by atoms with Crippen molar-refractivity contribution in [3.63, 3.8) is 0 Å². The third-order valence-corrected chi connectivity index (χ3v) is 2.98. The van der Waals surface area contributed by atoms with Gasteiger partial charge in [0.05, 0.1) is 22.7 Å². The molecule has 4 heteroatoms. The van der Waals surface area contributed by atoms with Crippen LogP contribution in [0.3, 0.4) is 0 Å². The summed E-state index contributed by atoms with van der Waals surface area (Å²) in [5.41, 5.74) is 2.22. The maximum absolute atomic E-state index is 10.7. The minimum atomic E-state index is 0.319. The van der Waals surface area contributed by atoms with Gasteiger partial charge in [-0.25, -0.2) is 5.01 Å². The molecule has 0 amide bonds. The molecule has 1 aliphatic heterocycles. The van der Waals surface area contributed by atoms with Crippen LogP contribution in [0.15, 0.2) is 29.6 Å². The predicted octanol–water partition coefficient (Wildman–Crippen LogP) is 2.59. The highest BCUT2D eigenvalue weighted by Gasteiger charge is 2.40. The number of hydrazine groups is 1. The molecule has 0 spiro atoms. The van der Waals surface area contributed by atoms with Gasteiger partial charge in [-0.2, -0.15) is 5.12 Å². The standard InChI is InChI=1S/C10H11N3O/c14-11-13(8-4-3-5-8)12-9-6-1-2-7-10(9)12/h1-2,6-8H,3-5H2. The molecule has 1 aliphatic carbocycles. The zero-order chi connectivity index (χ0) is 9.54. The first-order valence-electron chi connectivity index (χ1n) is 4.93. The van der Waals surface area contributed by atoms with E-state index < -0.39 is 0 Å². The van der Waals surface area contributed by atoms with E-state index in [2.05, 4.69) is 5.29 Å². The maximum atomic E-state index is 10.7. The first-order valence-corrected chi connectivity index (χ1v) is 4.93. The van der Waals surface area contributed by atoms with Crippen LogP contribution in [-0.4, -0.2) is 11.2 Å². The van der Waals surface area contributed by atoms with Crippen LogP contribution in [0.25, 0.3) is 0 Å². The number of nitroso groups, excluding NO2 is 1. The molecule has 1 aromatic rings. The summed E-state index contributed by atoms with van der Waals surface area (Å²) in [5, 5.41) is 6.57. The van der Waals surface area contributed by atoms with Gasteiger partial charge < -0.3 is 0 Å². The number of rotatable bonds is 3. The van der Waals surface area contributed by atoms with Crippen LogP contribution >= 0.6 is 0 Å². The summed E-state index contributed by atoms with van der Waals surface area (Å²) in [4.78, 5) is 10.7. The van der Waals surface area contributed by atoms with Gasteiger partial charge in [0.25, 0.3) is 0 Å². The molecule has 0 atom stereocenters.